The van der Waals surface area contributed by atoms with Crippen LogP contribution in [0.15, 0.2) is 84.1 Å². The lowest BCUT2D eigenvalue weighted by Gasteiger charge is -2.33. The Labute approximate surface area is 199 Å². The molecule has 8 heteroatoms. The van der Waals surface area contributed by atoms with E-state index >= 15 is 0 Å². The number of benzene rings is 1. The van der Waals surface area contributed by atoms with Gasteiger partial charge in [-0.2, -0.15) is 5.26 Å². The smallest absolute Gasteiger partial charge is 0.213 e. The molecule has 2 aromatic heterocycles. The third-order valence-electron chi connectivity index (χ3n) is 6.31. The lowest BCUT2D eigenvalue weighted by molar-refractivity contribution is 0.140. The van der Waals surface area contributed by atoms with Gasteiger partial charge in [-0.25, -0.2) is 10.4 Å². The van der Waals surface area contributed by atoms with Crippen LogP contribution in [0.4, 0.5) is 0 Å². The fourth-order valence-corrected chi connectivity index (χ4v) is 4.69. The van der Waals surface area contributed by atoms with E-state index in [9.17, 15) is 5.26 Å². The van der Waals surface area contributed by atoms with Gasteiger partial charge in [0, 0.05) is 48.7 Å². The second-order valence-corrected chi connectivity index (χ2v) is 9.63. The van der Waals surface area contributed by atoms with Crippen LogP contribution >= 0.6 is 0 Å². The zero-order chi connectivity index (χ0) is 24.0. The van der Waals surface area contributed by atoms with Gasteiger partial charge >= 0.3 is 0 Å². The van der Waals surface area contributed by atoms with Gasteiger partial charge in [0.05, 0.1) is 12.0 Å². The van der Waals surface area contributed by atoms with E-state index in [-0.39, 0.29) is 23.3 Å². The molecule has 0 bridgehead atoms. The molecule has 1 aromatic carbocycles. The van der Waals surface area contributed by atoms with Crippen molar-refractivity contribution < 1.29 is 4.74 Å². The summed E-state index contributed by atoms with van der Waals surface area (Å²) in [4.78, 5) is 8.73. The predicted molar refractivity (Wildman–Crippen MR) is 129 cm³/mol. The summed E-state index contributed by atoms with van der Waals surface area (Å²) in [5.74, 6) is 1.32. The number of nitrogens with two attached hydrogens (primary N) is 1. The Kier molecular flexibility index (Phi) is 5.14. The number of hydrogen-bond donors (Lipinski definition) is 2. The maximum Gasteiger partial charge on any atom is 0.213 e. The number of ether oxygens (including phenoxy) is 1. The van der Waals surface area contributed by atoms with Gasteiger partial charge in [0.15, 0.2) is 0 Å². The minimum Gasteiger partial charge on any atom is -0.423 e. The predicted octanol–water partition coefficient (Wildman–Crippen LogP) is 3.82. The van der Waals surface area contributed by atoms with Crippen molar-refractivity contribution in [1.29, 1.82) is 5.26 Å². The first-order valence-corrected chi connectivity index (χ1v) is 11.1. The quantitative estimate of drug-likeness (QED) is 0.621. The molecule has 0 saturated heterocycles. The van der Waals surface area contributed by atoms with Gasteiger partial charge < -0.3 is 10.5 Å². The summed E-state index contributed by atoms with van der Waals surface area (Å²) in [6, 6.07) is 14.3. The third kappa shape index (κ3) is 3.51. The molecule has 2 atom stereocenters. The van der Waals surface area contributed by atoms with Crippen molar-refractivity contribution in [3.05, 3.63) is 89.7 Å². The lowest BCUT2D eigenvalue weighted by Crippen LogP contribution is -2.43. The van der Waals surface area contributed by atoms with Gasteiger partial charge in [-0.3, -0.25) is 14.6 Å². The van der Waals surface area contributed by atoms with Gasteiger partial charge in [0.1, 0.15) is 17.5 Å². The molecule has 2 unspecified atom stereocenters. The Morgan fingerprint density at radius 3 is 2.56 bits per heavy atom. The molecule has 0 amide bonds. The van der Waals surface area contributed by atoms with E-state index in [1.54, 1.807) is 18.6 Å². The lowest BCUT2D eigenvalue weighted by atomic mass is 9.74. The first-order valence-electron chi connectivity index (χ1n) is 11.1. The van der Waals surface area contributed by atoms with Crippen LogP contribution in [-0.4, -0.2) is 32.6 Å². The molecule has 0 spiro atoms. The van der Waals surface area contributed by atoms with E-state index in [2.05, 4.69) is 42.2 Å². The summed E-state index contributed by atoms with van der Waals surface area (Å²) in [7, 11) is 1.91. The van der Waals surface area contributed by atoms with E-state index in [0.717, 1.165) is 28.2 Å². The van der Waals surface area contributed by atoms with Crippen LogP contribution in [0.5, 0.6) is 0 Å². The molecule has 8 nitrogen and oxygen atoms in total. The first kappa shape index (κ1) is 21.7. The number of rotatable bonds is 3. The van der Waals surface area contributed by atoms with Gasteiger partial charge in [-0.1, -0.05) is 32.9 Å². The van der Waals surface area contributed by atoms with E-state index in [4.69, 9.17) is 10.5 Å². The number of aromatic nitrogens is 3. The SMILES string of the molecule is CN1NC(C(C)(C)C)C2=C1OC(N)=C(C#N)C2c1ccc(-n2ccnc2-c2cccnc2)cc1. The van der Waals surface area contributed by atoms with Gasteiger partial charge in [0.25, 0.3) is 0 Å². The molecule has 34 heavy (non-hydrogen) atoms. The number of pyridine rings is 1. The van der Waals surface area contributed by atoms with Crippen LogP contribution in [-0.2, 0) is 4.74 Å². The number of nitriles is 1. The van der Waals surface area contributed by atoms with E-state index in [1.807, 2.05) is 59.2 Å². The molecule has 0 fully saturated rings. The summed E-state index contributed by atoms with van der Waals surface area (Å²) in [6.07, 6.45) is 7.24. The highest BCUT2D eigenvalue weighted by molar-refractivity contribution is 5.58. The van der Waals surface area contributed by atoms with E-state index in [1.165, 1.54) is 0 Å². The highest BCUT2D eigenvalue weighted by Gasteiger charge is 2.46. The fraction of sp³-hybridized carbons (Fsp3) is 0.269. The zero-order valence-electron chi connectivity index (χ0n) is 19.6. The van der Waals surface area contributed by atoms with Crippen LogP contribution in [0.2, 0.25) is 0 Å². The Hall–Kier alpha value is -4.09. The number of hydrogen-bond acceptors (Lipinski definition) is 7. The summed E-state index contributed by atoms with van der Waals surface area (Å²) in [5, 5.41) is 11.9. The Balaban J connectivity index is 1.57. The number of allylic oxidation sites excluding steroid dienone is 1. The molecular weight excluding hydrogens is 426 g/mol. The Bertz CT molecular complexity index is 1320. The van der Waals surface area contributed by atoms with Crippen LogP contribution in [0.3, 0.4) is 0 Å². The molecular formula is C26H27N7O. The molecule has 2 aliphatic rings. The van der Waals surface area contributed by atoms with Gasteiger partial charge in [0.2, 0.25) is 11.8 Å². The average molecular weight is 454 g/mol. The maximum absolute atomic E-state index is 9.99. The monoisotopic (exact) mass is 453 g/mol. The summed E-state index contributed by atoms with van der Waals surface area (Å²) in [5.41, 5.74) is 13.9. The molecule has 0 saturated carbocycles. The topological polar surface area (TPSA) is 105 Å². The van der Waals surface area contributed by atoms with Crippen molar-refractivity contribution in [2.45, 2.75) is 32.7 Å². The van der Waals surface area contributed by atoms with Crippen molar-refractivity contribution in [3.8, 4) is 23.1 Å². The number of hydrazine groups is 1. The van der Waals surface area contributed by atoms with Crippen molar-refractivity contribution in [1.82, 2.24) is 25.0 Å². The minimum atomic E-state index is -0.301. The van der Waals surface area contributed by atoms with Crippen molar-refractivity contribution in [3.63, 3.8) is 0 Å². The number of nitrogens with one attached hydrogen (secondary N) is 1. The normalized spacial score (nSPS) is 20.3. The molecule has 172 valence electrons. The number of imidazole rings is 1. The van der Waals surface area contributed by atoms with Crippen LogP contribution in [0.1, 0.15) is 32.3 Å². The van der Waals surface area contributed by atoms with Gasteiger partial charge in [-0.15, -0.1) is 0 Å². The van der Waals surface area contributed by atoms with Crippen LogP contribution in [0, 0.1) is 16.7 Å². The molecule has 0 aliphatic carbocycles. The summed E-state index contributed by atoms with van der Waals surface area (Å²) < 4.78 is 7.93. The van der Waals surface area contributed by atoms with Crippen molar-refractivity contribution in [2.24, 2.45) is 11.1 Å². The summed E-state index contributed by atoms with van der Waals surface area (Å²) >= 11 is 0. The van der Waals surface area contributed by atoms with E-state index < -0.39 is 0 Å². The molecule has 3 N–H and O–H groups in total. The van der Waals surface area contributed by atoms with Crippen molar-refractivity contribution in [2.75, 3.05) is 7.05 Å². The van der Waals surface area contributed by atoms with Gasteiger partial charge in [-0.05, 0) is 35.2 Å². The third-order valence-corrected chi connectivity index (χ3v) is 6.31. The number of nitrogens with zero attached hydrogens (tertiary/aromatic N) is 5. The fourth-order valence-electron chi connectivity index (χ4n) is 4.69. The molecule has 0 radical (unpaired) electrons. The second kappa shape index (κ2) is 8.04. The van der Waals surface area contributed by atoms with Crippen LogP contribution in [0.25, 0.3) is 17.1 Å². The maximum atomic E-state index is 9.99. The average Bonchev–Trinajstić information content (AvgIpc) is 3.44. The zero-order valence-corrected chi connectivity index (χ0v) is 19.6. The van der Waals surface area contributed by atoms with E-state index in [0.29, 0.717) is 11.5 Å². The molecule has 5 rings (SSSR count). The standard InChI is InChI=1S/C26H27N7O/c1-26(2,3)22-21-20(19(14-27)23(28)34-25(21)32(4)31-22)16-7-9-18(10-8-16)33-13-12-30-24(33)17-6-5-11-29-15-17/h5-13,15,20,22,31H,28H2,1-4H3. The minimum absolute atomic E-state index is 0.0144. The second-order valence-electron chi connectivity index (χ2n) is 9.63. The Morgan fingerprint density at radius 1 is 1.15 bits per heavy atom. The van der Waals surface area contributed by atoms with Crippen molar-refractivity contribution >= 4 is 0 Å². The largest absolute Gasteiger partial charge is 0.423 e. The Morgan fingerprint density at radius 2 is 1.91 bits per heavy atom. The summed E-state index contributed by atoms with van der Waals surface area (Å²) in [6.45, 7) is 6.50. The highest BCUT2D eigenvalue weighted by Crippen LogP contribution is 2.47. The molecule has 4 heterocycles. The molecule has 2 aliphatic heterocycles. The molecule has 3 aromatic rings. The van der Waals surface area contributed by atoms with Crippen LogP contribution < -0.4 is 11.2 Å². The highest BCUT2D eigenvalue weighted by atomic mass is 16.5. The first-order chi connectivity index (χ1) is 16.3.